The van der Waals surface area contributed by atoms with E-state index in [1.165, 1.54) is 31.2 Å². The predicted molar refractivity (Wildman–Crippen MR) is 80.1 cm³/mol. The molecule has 0 saturated heterocycles. The second-order valence-electron chi connectivity index (χ2n) is 5.43. The molecule has 1 fully saturated rings. The summed E-state index contributed by atoms with van der Waals surface area (Å²) in [5.74, 6) is -0.254. The van der Waals surface area contributed by atoms with Crippen molar-refractivity contribution < 1.29 is 18.1 Å². The maximum atomic E-state index is 12.7. The Hall–Kier alpha value is -1.96. The van der Waals surface area contributed by atoms with Gasteiger partial charge in [0.25, 0.3) is 5.69 Å². The molecule has 1 saturated carbocycles. The van der Waals surface area contributed by atoms with Crippen LogP contribution >= 0.6 is 0 Å². The van der Waals surface area contributed by atoms with Crippen LogP contribution in [0.4, 0.5) is 5.69 Å². The van der Waals surface area contributed by atoms with E-state index in [1.807, 2.05) is 0 Å². The van der Waals surface area contributed by atoms with Gasteiger partial charge in [-0.2, -0.15) is 0 Å². The van der Waals surface area contributed by atoms with Gasteiger partial charge in [-0.1, -0.05) is 12.8 Å². The molecule has 22 heavy (non-hydrogen) atoms. The molecule has 0 bridgehead atoms. The molecule has 2 atom stereocenters. The van der Waals surface area contributed by atoms with Crippen molar-refractivity contribution in [3.8, 4) is 0 Å². The summed E-state index contributed by atoms with van der Waals surface area (Å²) < 4.78 is 25.5. The normalized spacial score (nSPS) is 22.0. The number of amides is 1. The van der Waals surface area contributed by atoms with E-state index in [9.17, 15) is 23.3 Å². The van der Waals surface area contributed by atoms with Gasteiger partial charge in [-0.3, -0.25) is 14.9 Å². The van der Waals surface area contributed by atoms with Gasteiger partial charge in [0.2, 0.25) is 5.91 Å². The maximum Gasteiger partial charge on any atom is 0.269 e. The van der Waals surface area contributed by atoms with Crippen LogP contribution in [0.15, 0.2) is 29.2 Å². The van der Waals surface area contributed by atoms with Crippen molar-refractivity contribution in [3.63, 3.8) is 0 Å². The molecule has 0 aromatic heterocycles. The van der Waals surface area contributed by atoms with Gasteiger partial charge in [-0.25, -0.2) is 8.42 Å². The third-order valence-corrected chi connectivity index (χ3v) is 6.16. The standard InChI is InChI=1S/C14H18N2O5S/c1-10(17)15-13-4-2-3-5-14(13)22(20,21)12-8-6-11(7-9-12)16(18)19/h6-9,13-14H,2-5H2,1H3,(H,15,17)/t13-,14-/m0/s1. The number of nitrogens with zero attached hydrogens (tertiary/aromatic N) is 1. The third kappa shape index (κ3) is 3.44. The van der Waals surface area contributed by atoms with Crippen LogP contribution in [0.5, 0.6) is 0 Å². The van der Waals surface area contributed by atoms with Crippen molar-refractivity contribution in [2.24, 2.45) is 0 Å². The lowest BCUT2D eigenvalue weighted by Gasteiger charge is -2.31. The Bertz CT molecular complexity index is 669. The smallest absolute Gasteiger partial charge is 0.269 e. The number of carbonyl (C=O) groups is 1. The second kappa shape index (κ2) is 6.43. The van der Waals surface area contributed by atoms with E-state index in [0.717, 1.165) is 12.8 Å². The fourth-order valence-electron chi connectivity index (χ4n) is 2.83. The van der Waals surface area contributed by atoms with Gasteiger partial charge in [0.1, 0.15) is 0 Å². The Balaban J connectivity index is 2.30. The Morgan fingerprint density at radius 2 is 1.82 bits per heavy atom. The monoisotopic (exact) mass is 326 g/mol. The minimum Gasteiger partial charge on any atom is -0.352 e. The van der Waals surface area contributed by atoms with E-state index in [1.54, 1.807) is 0 Å². The van der Waals surface area contributed by atoms with E-state index in [4.69, 9.17) is 0 Å². The van der Waals surface area contributed by atoms with Gasteiger partial charge in [0, 0.05) is 25.1 Å². The number of hydrogen-bond acceptors (Lipinski definition) is 5. The summed E-state index contributed by atoms with van der Waals surface area (Å²) >= 11 is 0. The lowest BCUT2D eigenvalue weighted by Crippen LogP contribution is -2.47. The summed E-state index contributed by atoms with van der Waals surface area (Å²) in [5.41, 5.74) is -0.152. The number of benzene rings is 1. The maximum absolute atomic E-state index is 12.7. The molecule has 2 rings (SSSR count). The first-order chi connectivity index (χ1) is 10.3. The minimum atomic E-state index is -3.64. The molecule has 120 valence electrons. The van der Waals surface area contributed by atoms with E-state index in [0.29, 0.717) is 12.8 Å². The number of carbonyl (C=O) groups excluding carboxylic acids is 1. The summed E-state index contributed by atoms with van der Waals surface area (Å²) in [7, 11) is -3.64. The summed E-state index contributed by atoms with van der Waals surface area (Å²) in [5, 5.41) is 12.7. The van der Waals surface area contributed by atoms with E-state index < -0.39 is 26.1 Å². The number of nitrogens with one attached hydrogen (secondary N) is 1. The molecule has 1 aromatic rings. The number of nitro benzene ring substituents is 1. The SMILES string of the molecule is CC(=O)N[C@H]1CCCC[C@@H]1S(=O)(=O)c1ccc([N+](=O)[O-])cc1. The third-order valence-electron chi connectivity index (χ3n) is 3.87. The molecule has 0 unspecified atom stereocenters. The van der Waals surface area contributed by atoms with E-state index in [2.05, 4.69) is 5.32 Å². The van der Waals surface area contributed by atoms with Crippen LogP contribution in [-0.4, -0.2) is 30.5 Å². The molecule has 0 spiro atoms. The lowest BCUT2D eigenvalue weighted by molar-refractivity contribution is -0.384. The Morgan fingerprint density at radius 1 is 1.23 bits per heavy atom. The predicted octanol–water partition coefficient (Wildman–Crippen LogP) is 1.82. The summed E-state index contributed by atoms with van der Waals surface area (Å²) in [6, 6.07) is 4.47. The molecule has 0 heterocycles. The first kappa shape index (κ1) is 16.4. The van der Waals surface area contributed by atoms with Crippen LogP contribution in [0.2, 0.25) is 0 Å². The van der Waals surface area contributed by atoms with Crippen LogP contribution in [-0.2, 0) is 14.6 Å². The highest BCUT2D eigenvalue weighted by molar-refractivity contribution is 7.92. The summed E-state index contributed by atoms with van der Waals surface area (Å²) in [6.07, 6.45) is 2.75. The minimum absolute atomic E-state index is 0.0559. The summed E-state index contributed by atoms with van der Waals surface area (Å²) in [4.78, 5) is 21.4. The van der Waals surface area contributed by atoms with E-state index in [-0.39, 0.29) is 16.5 Å². The van der Waals surface area contributed by atoms with Crippen molar-refractivity contribution in [3.05, 3.63) is 34.4 Å². The molecule has 0 aliphatic heterocycles. The Morgan fingerprint density at radius 3 is 2.36 bits per heavy atom. The molecule has 1 aliphatic rings. The molecular weight excluding hydrogens is 308 g/mol. The highest BCUT2D eigenvalue weighted by atomic mass is 32.2. The van der Waals surface area contributed by atoms with Gasteiger partial charge in [-0.05, 0) is 25.0 Å². The zero-order valence-corrected chi connectivity index (χ0v) is 13.0. The summed E-state index contributed by atoms with van der Waals surface area (Å²) in [6.45, 7) is 1.37. The van der Waals surface area contributed by atoms with Crippen molar-refractivity contribution in [2.45, 2.75) is 48.8 Å². The highest BCUT2D eigenvalue weighted by Gasteiger charge is 2.37. The quantitative estimate of drug-likeness (QED) is 0.671. The van der Waals surface area contributed by atoms with Crippen LogP contribution in [0.3, 0.4) is 0 Å². The van der Waals surface area contributed by atoms with Gasteiger partial charge >= 0.3 is 0 Å². The second-order valence-corrected chi connectivity index (χ2v) is 7.59. The number of hydrogen-bond donors (Lipinski definition) is 1. The fourth-order valence-corrected chi connectivity index (χ4v) is 4.81. The van der Waals surface area contributed by atoms with Gasteiger partial charge in [0.05, 0.1) is 15.1 Å². The molecular formula is C14H18N2O5S. The van der Waals surface area contributed by atoms with Crippen LogP contribution in [0, 0.1) is 10.1 Å². The average molecular weight is 326 g/mol. The number of non-ortho nitro benzene ring substituents is 1. The van der Waals surface area contributed by atoms with Gasteiger partial charge < -0.3 is 5.32 Å². The molecule has 1 aromatic carbocycles. The first-order valence-electron chi connectivity index (χ1n) is 7.08. The fraction of sp³-hybridized carbons (Fsp3) is 0.500. The molecule has 7 nitrogen and oxygen atoms in total. The first-order valence-corrected chi connectivity index (χ1v) is 8.62. The topological polar surface area (TPSA) is 106 Å². The van der Waals surface area contributed by atoms with Crippen LogP contribution in [0.1, 0.15) is 32.6 Å². The van der Waals surface area contributed by atoms with Crippen LogP contribution < -0.4 is 5.32 Å². The molecule has 8 heteroatoms. The zero-order chi connectivity index (χ0) is 16.3. The van der Waals surface area contributed by atoms with E-state index >= 15 is 0 Å². The number of rotatable bonds is 4. The molecule has 0 radical (unpaired) electrons. The van der Waals surface area contributed by atoms with Crippen molar-refractivity contribution >= 4 is 21.4 Å². The van der Waals surface area contributed by atoms with Crippen molar-refractivity contribution in [2.75, 3.05) is 0 Å². The van der Waals surface area contributed by atoms with Gasteiger partial charge in [-0.15, -0.1) is 0 Å². The van der Waals surface area contributed by atoms with Crippen molar-refractivity contribution in [1.82, 2.24) is 5.32 Å². The Labute approximate surface area is 128 Å². The molecule has 1 aliphatic carbocycles. The largest absolute Gasteiger partial charge is 0.352 e. The lowest BCUT2D eigenvalue weighted by atomic mass is 9.95. The number of sulfone groups is 1. The Kier molecular flexibility index (Phi) is 4.80. The molecule has 1 N–H and O–H groups in total. The highest BCUT2D eigenvalue weighted by Crippen LogP contribution is 2.29. The van der Waals surface area contributed by atoms with Gasteiger partial charge in [0.15, 0.2) is 9.84 Å². The number of nitro groups is 1. The van der Waals surface area contributed by atoms with Crippen LogP contribution in [0.25, 0.3) is 0 Å². The zero-order valence-electron chi connectivity index (χ0n) is 12.2. The molecule has 1 amide bonds. The average Bonchev–Trinajstić information content (AvgIpc) is 2.47. The van der Waals surface area contributed by atoms with Crippen molar-refractivity contribution in [1.29, 1.82) is 0 Å².